The van der Waals surface area contributed by atoms with Crippen LogP contribution in [0.3, 0.4) is 0 Å². The molecular formula is C22H20N6S. The van der Waals surface area contributed by atoms with Gasteiger partial charge in [-0.25, -0.2) is 9.97 Å². The highest BCUT2D eigenvalue weighted by Gasteiger charge is 2.28. The SMILES string of the molecule is N#Cc1ccnc(Nc2nc([C@H]3CCCN3Cc3ccc4[nH]ccc4c3)cs2)c1. The number of rotatable bonds is 5. The molecule has 4 heterocycles. The Hall–Kier alpha value is -3.21. The van der Waals surface area contributed by atoms with Crippen LogP contribution in [0.1, 0.15) is 35.7 Å². The molecule has 2 N–H and O–H groups in total. The van der Waals surface area contributed by atoms with Gasteiger partial charge in [-0.15, -0.1) is 11.3 Å². The van der Waals surface area contributed by atoms with E-state index in [1.54, 1.807) is 29.7 Å². The Morgan fingerprint density at radius 1 is 1.28 bits per heavy atom. The van der Waals surface area contributed by atoms with Crippen LogP contribution in [0.2, 0.25) is 0 Å². The Kier molecular flexibility index (Phi) is 4.72. The lowest BCUT2D eigenvalue weighted by Gasteiger charge is -2.23. The number of H-pyrrole nitrogens is 1. The molecule has 0 unspecified atom stereocenters. The van der Waals surface area contributed by atoms with Gasteiger partial charge in [0.15, 0.2) is 5.13 Å². The fourth-order valence-electron chi connectivity index (χ4n) is 3.96. The van der Waals surface area contributed by atoms with Crippen molar-refractivity contribution in [3.63, 3.8) is 0 Å². The molecule has 0 radical (unpaired) electrons. The first-order valence-electron chi connectivity index (χ1n) is 9.67. The summed E-state index contributed by atoms with van der Waals surface area (Å²) in [6, 6.07) is 14.6. The van der Waals surface area contributed by atoms with Crippen LogP contribution in [-0.2, 0) is 6.54 Å². The van der Waals surface area contributed by atoms with E-state index in [9.17, 15) is 0 Å². The standard InChI is InChI=1S/C22H20N6S/c23-12-15-5-7-25-21(11-15)27-22-26-19(14-29-22)20-2-1-9-28(20)13-16-3-4-18-17(10-16)6-8-24-18/h3-8,10-11,14,20,24H,1-2,9,13H2,(H,25,26,27)/t20-/m1/s1. The average Bonchev–Trinajstić information content (AvgIpc) is 3.48. The summed E-state index contributed by atoms with van der Waals surface area (Å²) in [5.74, 6) is 0.646. The van der Waals surface area contributed by atoms with Crippen LogP contribution in [0.25, 0.3) is 10.9 Å². The molecule has 4 aromatic rings. The Morgan fingerprint density at radius 3 is 3.17 bits per heavy atom. The third-order valence-electron chi connectivity index (χ3n) is 5.35. The van der Waals surface area contributed by atoms with Gasteiger partial charge in [0.1, 0.15) is 5.82 Å². The fourth-order valence-corrected chi connectivity index (χ4v) is 4.72. The van der Waals surface area contributed by atoms with Gasteiger partial charge in [-0.2, -0.15) is 5.26 Å². The van der Waals surface area contributed by atoms with E-state index in [0.717, 1.165) is 30.3 Å². The van der Waals surface area contributed by atoms with Crippen molar-refractivity contribution in [2.75, 3.05) is 11.9 Å². The summed E-state index contributed by atoms with van der Waals surface area (Å²) in [5.41, 5.74) is 4.20. The molecule has 1 atom stereocenters. The molecule has 1 saturated heterocycles. The zero-order valence-corrected chi connectivity index (χ0v) is 16.6. The lowest BCUT2D eigenvalue weighted by Crippen LogP contribution is -2.23. The van der Waals surface area contributed by atoms with E-state index in [-0.39, 0.29) is 0 Å². The van der Waals surface area contributed by atoms with Crippen LogP contribution >= 0.6 is 11.3 Å². The molecular weight excluding hydrogens is 380 g/mol. The van der Waals surface area contributed by atoms with Crippen LogP contribution in [-0.4, -0.2) is 26.4 Å². The summed E-state index contributed by atoms with van der Waals surface area (Å²) < 4.78 is 0. The van der Waals surface area contributed by atoms with Crippen LogP contribution < -0.4 is 5.32 Å². The van der Waals surface area contributed by atoms with Gasteiger partial charge in [-0.1, -0.05) is 6.07 Å². The highest BCUT2D eigenvalue weighted by Crippen LogP contribution is 2.35. The van der Waals surface area contributed by atoms with Gasteiger partial charge in [0.2, 0.25) is 0 Å². The first-order chi connectivity index (χ1) is 14.3. The number of fused-ring (bicyclic) bond motifs is 1. The van der Waals surface area contributed by atoms with Crippen molar-refractivity contribution in [3.05, 3.63) is 71.0 Å². The van der Waals surface area contributed by atoms with Gasteiger partial charge in [-0.05, 0) is 60.7 Å². The second-order valence-corrected chi connectivity index (χ2v) is 8.13. The van der Waals surface area contributed by atoms with Crippen molar-refractivity contribution in [2.45, 2.75) is 25.4 Å². The van der Waals surface area contributed by atoms with E-state index < -0.39 is 0 Å². The Labute approximate surface area is 172 Å². The van der Waals surface area contributed by atoms with Gasteiger partial charge < -0.3 is 10.3 Å². The number of anilines is 2. The smallest absolute Gasteiger partial charge is 0.188 e. The van der Waals surface area contributed by atoms with Gasteiger partial charge in [0.05, 0.1) is 23.4 Å². The largest absolute Gasteiger partial charge is 0.361 e. The predicted octanol–water partition coefficient (Wildman–Crippen LogP) is 4.97. The van der Waals surface area contributed by atoms with E-state index >= 15 is 0 Å². The summed E-state index contributed by atoms with van der Waals surface area (Å²) in [7, 11) is 0. The van der Waals surface area contributed by atoms with Crippen molar-refractivity contribution in [1.29, 1.82) is 5.26 Å². The molecule has 0 aliphatic carbocycles. The van der Waals surface area contributed by atoms with E-state index in [1.807, 2.05) is 6.20 Å². The summed E-state index contributed by atoms with van der Waals surface area (Å²) in [4.78, 5) is 14.9. The number of hydrogen-bond acceptors (Lipinski definition) is 6. The quantitative estimate of drug-likeness (QED) is 0.494. The number of likely N-dealkylation sites (tertiary alicyclic amines) is 1. The highest BCUT2D eigenvalue weighted by molar-refractivity contribution is 7.13. The lowest BCUT2D eigenvalue weighted by molar-refractivity contribution is 0.245. The second-order valence-electron chi connectivity index (χ2n) is 7.27. The van der Waals surface area contributed by atoms with E-state index in [0.29, 0.717) is 17.4 Å². The predicted molar refractivity (Wildman–Crippen MR) is 115 cm³/mol. The molecule has 0 bridgehead atoms. The summed E-state index contributed by atoms with van der Waals surface area (Å²) in [6.07, 6.45) is 5.92. The van der Waals surface area contributed by atoms with Crippen LogP contribution in [0.4, 0.5) is 10.9 Å². The zero-order chi connectivity index (χ0) is 19.6. The van der Waals surface area contributed by atoms with Gasteiger partial charge in [0.25, 0.3) is 0 Å². The monoisotopic (exact) mass is 400 g/mol. The van der Waals surface area contributed by atoms with Gasteiger partial charge >= 0.3 is 0 Å². The van der Waals surface area contributed by atoms with Gasteiger partial charge in [-0.3, -0.25) is 4.90 Å². The first kappa shape index (κ1) is 17.9. The minimum atomic E-state index is 0.335. The van der Waals surface area contributed by atoms with E-state index in [2.05, 4.69) is 55.9 Å². The molecule has 1 aliphatic rings. The number of pyridine rings is 1. The molecule has 1 aromatic carbocycles. The van der Waals surface area contributed by atoms with Crippen molar-refractivity contribution < 1.29 is 0 Å². The van der Waals surface area contributed by atoms with E-state index in [4.69, 9.17) is 10.2 Å². The Balaban J connectivity index is 1.31. The fraction of sp³-hybridized carbons (Fsp3) is 0.227. The van der Waals surface area contributed by atoms with Crippen molar-refractivity contribution in [1.82, 2.24) is 19.9 Å². The molecule has 144 valence electrons. The van der Waals surface area contributed by atoms with Crippen molar-refractivity contribution in [3.8, 4) is 6.07 Å². The third-order valence-corrected chi connectivity index (χ3v) is 6.13. The number of aromatic amines is 1. The van der Waals surface area contributed by atoms with Crippen molar-refractivity contribution in [2.24, 2.45) is 0 Å². The average molecular weight is 401 g/mol. The minimum Gasteiger partial charge on any atom is -0.361 e. The molecule has 3 aromatic heterocycles. The number of hydrogen-bond donors (Lipinski definition) is 2. The summed E-state index contributed by atoms with van der Waals surface area (Å²) >= 11 is 1.58. The lowest BCUT2D eigenvalue weighted by atomic mass is 10.1. The molecule has 0 spiro atoms. The van der Waals surface area contributed by atoms with Crippen LogP contribution in [0.5, 0.6) is 0 Å². The maximum absolute atomic E-state index is 9.05. The molecule has 0 saturated carbocycles. The van der Waals surface area contributed by atoms with E-state index in [1.165, 1.54) is 22.9 Å². The highest BCUT2D eigenvalue weighted by atomic mass is 32.1. The molecule has 1 aliphatic heterocycles. The Bertz CT molecular complexity index is 1190. The molecule has 29 heavy (non-hydrogen) atoms. The second kappa shape index (κ2) is 7.66. The molecule has 7 heteroatoms. The maximum atomic E-state index is 9.05. The van der Waals surface area contributed by atoms with Gasteiger partial charge in [0, 0.05) is 29.8 Å². The van der Waals surface area contributed by atoms with Crippen LogP contribution in [0.15, 0.2) is 54.2 Å². The normalized spacial score (nSPS) is 16.9. The molecule has 6 nitrogen and oxygen atoms in total. The molecule has 0 amide bonds. The van der Waals surface area contributed by atoms with Crippen LogP contribution in [0, 0.1) is 11.3 Å². The molecule has 5 rings (SSSR count). The number of nitriles is 1. The van der Waals surface area contributed by atoms with Crippen molar-refractivity contribution >= 4 is 33.2 Å². The number of nitrogens with zero attached hydrogens (tertiary/aromatic N) is 4. The summed E-state index contributed by atoms with van der Waals surface area (Å²) in [5, 5.41) is 16.5. The third kappa shape index (κ3) is 3.73. The topological polar surface area (TPSA) is 80.6 Å². The first-order valence-corrected chi connectivity index (χ1v) is 10.5. The number of thiazole rings is 1. The summed E-state index contributed by atoms with van der Waals surface area (Å²) in [6.45, 7) is 2.01. The Morgan fingerprint density at radius 2 is 2.24 bits per heavy atom. The molecule has 1 fully saturated rings. The number of aromatic nitrogens is 3. The number of nitrogens with one attached hydrogen (secondary N) is 2. The zero-order valence-electron chi connectivity index (χ0n) is 15.8. The maximum Gasteiger partial charge on any atom is 0.188 e. The number of benzene rings is 1. The minimum absolute atomic E-state index is 0.335.